The minimum absolute atomic E-state index is 0.160. The van der Waals surface area contributed by atoms with Crippen LogP contribution in [0.5, 0.6) is 5.75 Å². The number of carbonyl (C=O) groups excluding carboxylic acids is 1. The summed E-state index contributed by atoms with van der Waals surface area (Å²) in [4.78, 5) is 23.0. The molecular weight excluding hydrogens is 378 g/mol. The van der Waals surface area contributed by atoms with Crippen molar-refractivity contribution in [2.75, 3.05) is 5.32 Å². The van der Waals surface area contributed by atoms with Crippen LogP contribution in [0.4, 0.5) is 5.69 Å². The number of carbonyl (C=O) groups is 2. The molecule has 0 unspecified atom stereocenters. The lowest BCUT2D eigenvalue weighted by Crippen LogP contribution is -2.11. The molecule has 5 heteroatoms. The monoisotopic (exact) mass is 413 g/mol. The summed E-state index contributed by atoms with van der Waals surface area (Å²) >= 11 is 0. The van der Waals surface area contributed by atoms with Gasteiger partial charge in [-0.3, -0.25) is 4.79 Å². The highest BCUT2D eigenvalue weighted by atomic mass is 16.4. The number of nitrogens with one attached hydrogen (secondary N) is 1. The third kappa shape index (κ3) is 11.9. The van der Waals surface area contributed by atoms with Crippen LogP contribution in [0.3, 0.4) is 0 Å². The van der Waals surface area contributed by atoms with Gasteiger partial charge in [-0.1, -0.05) is 56.2 Å². The number of unbranched alkanes of at least 4 members (excludes halogenated alkanes) is 5. The van der Waals surface area contributed by atoms with Crippen molar-refractivity contribution >= 4 is 17.6 Å². The summed E-state index contributed by atoms with van der Waals surface area (Å²) in [6.07, 6.45) is 23.1. The van der Waals surface area contributed by atoms with Gasteiger partial charge in [-0.25, -0.2) is 4.79 Å². The van der Waals surface area contributed by atoms with Gasteiger partial charge in [-0.2, -0.15) is 0 Å². The van der Waals surface area contributed by atoms with Crippen LogP contribution in [0.25, 0.3) is 0 Å². The summed E-state index contributed by atoms with van der Waals surface area (Å²) < 4.78 is 0. The maximum atomic E-state index is 12.0. The molecule has 5 nitrogen and oxygen atoms in total. The first-order chi connectivity index (χ1) is 14.5. The van der Waals surface area contributed by atoms with Gasteiger partial charge in [0.05, 0.1) is 0 Å². The molecule has 0 fully saturated rings. The average molecular weight is 414 g/mol. The van der Waals surface area contributed by atoms with Crippen molar-refractivity contribution in [3.05, 3.63) is 60.2 Å². The molecule has 1 aromatic rings. The number of aromatic carboxylic acids is 1. The number of anilines is 1. The maximum Gasteiger partial charge on any atom is 0.339 e. The SMILES string of the molecule is CCCCCC=CCC=CCC=CCCCCC(=O)Nc1ccc(O)c(C(=O)O)c1. The van der Waals surface area contributed by atoms with E-state index < -0.39 is 5.97 Å². The number of benzene rings is 1. The Morgan fingerprint density at radius 2 is 1.50 bits per heavy atom. The van der Waals surface area contributed by atoms with Crippen LogP contribution in [-0.2, 0) is 4.79 Å². The normalized spacial score (nSPS) is 11.6. The predicted octanol–water partition coefficient (Wildman–Crippen LogP) is 6.62. The highest BCUT2D eigenvalue weighted by molar-refractivity contribution is 5.95. The van der Waals surface area contributed by atoms with Crippen molar-refractivity contribution in [3.63, 3.8) is 0 Å². The number of hydrogen-bond donors (Lipinski definition) is 3. The molecule has 0 aliphatic heterocycles. The molecule has 0 radical (unpaired) electrons. The number of hydrogen-bond acceptors (Lipinski definition) is 3. The Morgan fingerprint density at radius 1 is 0.900 bits per heavy atom. The van der Waals surface area contributed by atoms with E-state index in [0.717, 1.165) is 32.1 Å². The van der Waals surface area contributed by atoms with Crippen molar-refractivity contribution in [1.82, 2.24) is 0 Å². The fourth-order valence-corrected chi connectivity index (χ4v) is 2.85. The number of amides is 1. The van der Waals surface area contributed by atoms with Gasteiger partial charge in [-0.15, -0.1) is 0 Å². The minimum atomic E-state index is -1.23. The molecule has 0 aliphatic rings. The van der Waals surface area contributed by atoms with Gasteiger partial charge in [0.15, 0.2) is 0 Å². The van der Waals surface area contributed by atoms with Gasteiger partial charge in [0.25, 0.3) is 0 Å². The van der Waals surface area contributed by atoms with Crippen molar-refractivity contribution < 1.29 is 19.8 Å². The van der Waals surface area contributed by atoms with Crippen LogP contribution in [0, 0.1) is 0 Å². The summed E-state index contributed by atoms with van der Waals surface area (Å²) in [7, 11) is 0. The number of carboxylic acids is 1. The molecule has 0 saturated heterocycles. The number of phenols is 1. The number of aromatic hydroxyl groups is 1. The van der Waals surface area contributed by atoms with E-state index in [2.05, 4.69) is 48.7 Å². The number of rotatable bonds is 15. The molecule has 1 aromatic carbocycles. The van der Waals surface area contributed by atoms with Gasteiger partial charge < -0.3 is 15.5 Å². The molecule has 1 rings (SSSR count). The van der Waals surface area contributed by atoms with Gasteiger partial charge in [0.2, 0.25) is 5.91 Å². The summed E-state index contributed by atoms with van der Waals surface area (Å²) in [6.45, 7) is 2.22. The Hall–Kier alpha value is -2.82. The van der Waals surface area contributed by atoms with Crippen molar-refractivity contribution in [3.8, 4) is 5.75 Å². The van der Waals surface area contributed by atoms with E-state index in [1.165, 1.54) is 43.9 Å². The summed E-state index contributed by atoms with van der Waals surface area (Å²) in [5.74, 6) is -1.71. The molecule has 0 atom stereocenters. The minimum Gasteiger partial charge on any atom is -0.507 e. The molecule has 0 aromatic heterocycles. The van der Waals surface area contributed by atoms with Crippen LogP contribution in [-0.4, -0.2) is 22.1 Å². The van der Waals surface area contributed by atoms with Gasteiger partial charge in [-0.05, 0) is 63.1 Å². The molecule has 0 aliphatic carbocycles. The van der Waals surface area contributed by atoms with E-state index in [-0.39, 0.29) is 17.2 Å². The maximum absolute atomic E-state index is 12.0. The van der Waals surface area contributed by atoms with Crippen LogP contribution < -0.4 is 5.32 Å². The predicted molar refractivity (Wildman–Crippen MR) is 123 cm³/mol. The van der Waals surface area contributed by atoms with E-state index in [0.29, 0.717) is 12.1 Å². The quantitative estimate of drug-likeness (QED) is 0.171. The third-order valence-electron chi connectivity index (χ3n) is 4.55. The Labute approximate surface area is 180 Å². The van der Waals surface area contributed by atoms with Crippen molar-refractivity contribution in [2.24, 2.45) is 0 Å². The summed E-state index contributed by atoms with van der Waals surface area (Å²) in [6, 6.07) is 4.01. The molecule has 30 heavy (non-hydrogen) atoms. The molecule has 0 heterocycles. The largest absolute Gasteiger partial charge is 0.507 e. The topological polar surface area (TPSA) is 86.6 Å². The highest BCUT2D eigenvalue weighted by Gasteiger charge is 2.11. The van der Waals surface area contributed by atoms with Crippen LogP contribution in [0.15, 0.2) is 54.7 Å². The molecular formula is C25H35NO4. The second-order valence-corrected chi connectivity index (χ2v) is 7.21. The zero-order chi connectivity index (χ0) is 22.0. The molecule has 0 bridgehead atoms. The second-order valence-electron chi connectivity index (χ2n) is 7.21. The first-order valence-corrected chi connectivity index (χ1v) is 10.9. The zero-order valence-electron chi connectivity index (χ0n) is 18.0. The van der Waals surface area contributed by atoms with Crippen molar-refractivity contribution in [1.29, 1.82) is 0 Å². The molecule has 164 valence electrons. The smallest absolute Gasteiger partial charge is 0.339 e. The summed E-state index contributed by atoms with van der Waals surface area (Å²) in [5.41, 5.74) is 0.146. The van der Waals surface area contributed by atoms with Crippen LogP contribution >= 0.6 is 0 Å². The highest BCUT2D eigenvalue weighted by Crippen LogP contribution is 2.21. The lowest BCUT2D eigenvalue weighted by atomic mass is 10.1. The number of allylic oxidation sites excluding steroid dienone is 6. The molecule has 0 saturated carbocycles. The van der Waals surface area contributed by atoms with Gasteiger partial charge in [0.1, 0.15) is 11.3 Å². The van der Waals surface area contributed by atoms with Crippen molar-refractivity contribution in [2.45, 2.75) is 71.1 Å². The fourth-order valence-electron chi connectivity index (χ4n) is 2.85. The van der Waals surface area contributed by atoms with E-state index in [1.54, 1.807) is 0 Å². The first-order valence-electron chi connectivity index (χ1n) is 10.9. The lowest BCUT2D eigenvalue weighted by Gasteiger charge is -2.07. The Bertz CT molecular complexity index is 735. The van der Waals surface area contributed by atoms with E-state index in [4.69, 9.17) is 5.11 Å². The fraction of sp³-hybridized carbons (Fsp3) is 0.440. The Morgan fingerprint density at radius 3 is 2.10 bits per heavy atom. The van der Waals surface area contributed by atoms with E-state index in [9.17, 15) is 14.7 Å². The molecule has 3 N–H and O–H groups in total. The van der Waals surface area contributed by atoms with Gasteiger partial charge in [0, 0.05) is 12.1 Å². The van der Waals surface area contributed by atoms with Crippen LogP contribution in [0.1, 0.15) is 81.5 Å². The standard InChI is InChI=1S/C25H35NO4/c1-2-3-4-5-6-7-8-9-10-11-12-13-14-15-16-17-24(28)26-21-18-19-23(27)22(20-21)25(29)30/h6-7,9-10,12-13,18-20,27H,2-5,8,11,14-17H2,1H3,(H,26,28)(H,29,30). The van der Waals surface area contributed by atoms with E-state index in [1.807, 2.05) is 0 Å². The molecule has 1 amide bonds. The Kier molecular flexibility index (Phi) is 13.5. The average Bonchev–Trinajstić information content (AvgIpc) is 2.72. The lowest BCUT2D eigenvalue weighted by molar-refractivity contribution is -0.116. The van der Waals surface area contributed by atoms with E-state index >= 15 is 0 Å². The van der Waals surface area contributed by atoms with Gasteiger partial charge >= 0.3 is 5.97 Å². The zero-order valence-corrected chi connectivity index (χ0v) is 18.0. The van der Waals surface area contributed by atoms with Crippen LogP contribution in [0.2, 0.25) is 0 Å². The first kappa shape index (κ1) is 25.2. The third-order valence-corrected chi connectivity index (χ3v) is 4.55. The summed E-state index contributed by atoms with van der Waals surface area (Å²) in [5, 5.41) is 21.1. The second kappa shape index (κ2) is 16.0. The Balaban J connectivity index is 2.10. The number of carboxylic acid groups (broad SMARTS) is 1. The molecule has 0 spiro atoms.